The number of nitrogens with zero attached hydrogens (tertiary/aromatic N) is 3. The fraction of sp³-hybridized carbons (Fsp3) is 0.185. The zero-order valence-electron chi connectivity index (χ0n) is 20.9. The summed E-state index contributed by atoms with van der Waals surface area (Å²) >= 11 is 3.27. The summed E-state index contributed by atoms with van der Waals surface area (Å²) in [5, 5.41) is 15.2. The fourth-order valence-corrected chi connectivity index (χ4v) is 4.40. The van der Waals surface area contributed by atoms with Crippen molar-refractivity contribution in [1.29, 1.82) is 0 Å². The van der Waals surface area contributed by atoms with Crippen molar-refractivity contribution in [2.45, 2.75) is 27.4 Å². The zero-order chi connectivity index (χ0) is 27.2. The first kappa shape index (κ1) is 26.7. The lowest BCUT2D eigenvalue weighted by Gasteiger charge is -2.10. The molecule has 0 saturated carbocycles. The average Bonchev–Trinajstić information content (AvgIpc) is 3.50. The molecule has 4 rings (SSSR count). The van der Waals surface area contributed by atoms with E-state index in [0.29, 0.717) is 21.5 Å². The summed E-state index contributed by atoms with van der Waals surface area (Å²) in [5.74, 6) is 0.735. The molecule has 0 atom stereocenters. The van der Waals surface area contributed by atoms with E-state index in [4.69, 9.17) is 13.9 Å². The number of rotatable bonds is 10. The normalized spacial score (nSPS) is 11.1. The fourth-order valence-electron chi connectivity index (χ4n) is 3.82. The monoisotopic (exact) mass is 580 g/mol. The number of benzene rings is 2. The molecule has 38 heavy (non-hydrogen) atoms. The lowest BCUT2D eigenvalue weighted by Crippen LogP contribution is -2.16. The highest BCUT2D eigenvalue weighted by Gasteiger charge is 2.20. The number of aryl methyl sites for hydroxylation is 2. The minimum absolute atomic E-state index is 0.0495. The molecule has 1 N–H and O–H groups in total. The number of nitrogens with one attached hydrogen (secondary N) is 1. The van der Waals surface area contributed by atoms with Crippen molar-refractivity contribution in [2.75, 3.05) is 6.61 Å². The number of hydrogen-bond donors (Lipinski definition) is 1. The minimum atomic E-state index is -0.575. The first-order valence-corrected chi connectivity index (χ1v) is 12.5. The van der Waals surface area contributed by atoms with Crippen LogP contribution < -0.4 is 14.9 Å². The van der Waals surface area contributed by atoms with Crippen LogP contribution in [0.3, 0.4) is 0 Å². The maximum Gasteiger partial charge on any atom is 0.312 e. The zero-order valence-corrected chi connectivity index (χ0v) is 22.5. The maximum atomic E-state index is 12.4. The van der Waals surface area contributed by atoms with Crippen LogP contribution in [0.15, 0.2) is 74.7 Å². The molecule has 4 aromatic rings. The number of aromatic nitrogens is 1. The first-order valence-electron chi connectivity index (χ1n) is 11.7. The molecule has 0 unspecified atom stereocenters. The Balaban J connectivity index is 1.34. The Morgan fingerprint density at radius 1 is 1.11 bits per heavy atom. The Kier molecular flexibility index (Phi) is 8.27. The van der Waals surface area contributed by atoms with Crippen LogP contribution in [0.25, 0.3) is 5.69 Å². The highest BCUT2D eigenvalue weighted by Crippen LogP contribution is 2.36. The molecule has 10 nitrogen and oxygen atoms in total. The number of hydrogen-bond acceptors (Lipinski definition) is 7. The van der Waals surface area contributed by atoms with Crippen molar-refractivity contribution in [1.82, 2.24) is 9.99 Å². The summed E-state index contributed by atoms with van der Waals surface area (Å²) in [7, 11) is 0. The molecular weight excluding hydrogens is 556 g/mol. The topological polar surface area (TPSA) is 121 Å². The Morgan fingerprint density at radius 2 is 1.82 bits per heavy atom. The van der Waals surface area contributed by atoms with Gasteiger partial charge in [0.25, 0.3) is 0 Å². The second-order valence-corrected chi connectivity index (χ2v) is 9.09. The number of ether oxygens (including phenoxy) is 2. The second kappa shape index (κ2) is 11.8. The molecule has 196 valence electrons. The summed E-state index contributed by atoms with van der Waals surface area (Å²) in [5.41, 5.74) is 5.87. The maximum absolute atomic E-state index is 12.4. The summed E-state index contributed by atoms with van der Waals surface area (Å²) in [6.07, 6.45) is 1.29. The van der Waals surface area contributed by atoms with Gasteiger partial charge < -0.3 is 18.5 Å². The summed E-state index contributed by atoms with van der Waals surface area (Å²) in [6.45, 7) is 6.26. The van der Waals surface area contributed by atoms with Crippen LogP contribution in [0.5, 0.6) is 11.5 Å². The number of amides is 1. The number of nitro benzene ring substituents is 1. The van der Waals surface area contributed by atoms with Gasteiger partial charge in [-0.05, 0) is 91.3 Å². The Morgan fingerprint density at radius 3 is 2.47 bits per heavy atom. The minimum Gasteiger partial charge on any atom is -0.486 e. The molecule has 0 fully saturated rings. The molecule has 0 aliphatic carbocycles. The third kappa shape index (κ3) is 6.12. The number of halogens is 1. The summed E-state index contributed by atoms with van der Waals surface area (Å²) in [4.78, 5) is 23.2. The van der Waals surface area contributed by atoms with Gasteiger partial charge in [-0.2, -0.15) is 5.10 Å². The van der Waals surface area contributed by atoms with Gasteiger partial charge in [0.2, 0.25) is 5.75 Å². The molecule has 2 heterocycles. The molecule has 0 aliphatic rings. The second-order valence-electron chi connectivity index (χ2n) is 8.24. The number of carbonyl (C=O) groups excluding carboxylic acids is 1. The van der Waals surface area contributed by atoms with Crippen molar-refractivity contribution in [2.24, 2.45) is 5.10 Å². The van der Waals surface area contributed by atoms with E-state index >= 15 is 0 Å². The number of hydrazone groups is 1. The van der Waals surface area contributed by atoms with Gasteiger partial charge in [0, 0.05) is 28.7 Å². The number of carbonyl (C=O) groups is 1. The van der Waals surface area contributed by atoms with E-state index in [2.05, 4.69) is 57.0 Å². The van der Waals surface area contributed by atoms with E-state index in [0.717, 1.165) is 17.1 Å². The SMILES string of the molecule is CCOc1c(Br)cc(/C=N/NC(=O)c2ccc(COc3ccc(-n4c(C)ccc4C)cc3)o2)cc1[N+](=O)[O-]. The molecule has 0 bridgehead atoms. The van der Waals surface area contributed by atoms with Crippen LogP contribution in [0.1, 0.15) is 40.2 Å². The Bertz CT molecular complexity index is 1470. The van der Waals surface area contributed by atoms with Gasteiger partial charge in [0.15, 0.2) is 5.76 Å². The Labute approximate surface area is 227 Å². The van der Waals surface area contributed by atoms with Crippen molar-refractivity contribution < 1.29 is 23.6 Å². The van der Waals surface area contributed by atoms with Crippen LogP contribution in [-0.2, 0) is 6.61 Å². The quantitative estimate of drug-likeness (QED) is 0.137. The van der Waals surface area contributed by atoms with Crippen molar-refractivity contribution in [3.63, 3.8) is 0 Å². The molecule has 0 radical (unpaired) electrons. The average molecular weight is 581 g/mol. The van der Waals surface area contributed by atoms with Gasteiger partial charge in [0.1, 0.15) is 18.1 Å². The van der Waals surface area contributed by atoms with Crippen LogP contribution >= 0.6 is 15.9 Å². The van der Waals surface area contributed by atoms with Gasteiger partial charge in [-0.15, -0.1) is 0 Å². The third-order valence-corrected chi connectivity index (χ3v) is 6.13. The summed E-state index contributed by atoms with van der Waals surface area (Å²) in [6, 6.07) is 17.9. The van der Waals surface area contributed by atoms with Crippen molar-refractivity contribution in [3.8, 4) is 17.2 Å². The highest BCUT2D eigenvalue weighted by atomic mass is 79.9. The molecule has 11 heteroatoms. The van der Waals surface area contributed by atoms with E-state index < -0.39 is 10.8 Å². The lowest BCUT2D eigenvalue weighted by molar-refractivity contribution is -0.385. The van der Waals surface area contributed by atoms with Gasteiger partial charge >= 0.3 is 11.6 Å². The lowest BCUT2D eigenvalue weighted by atomic mass is 10.2. The van der Waals surface area contributed by atoms with E-state index in [-0.39, 0.29) is 30.4 Å². The molecule has 2 aromatic carbocycles. The molecule has 0 saturated heterocycles. The third-order valence-electron chi connectivity index (χ3n) is 5.54. The predicted molar refractivity (Wildman–Crippen MR) is 145 cm³/mol. The number of nitro groups is 1. The summed E-state index contributed by atoms with van der Waals surface area (Å²) < 4.78 is 19.3. The highest BCUT2D eigenvalue weighted by molar-refractivity contribution is 9.10. The standard InChI is InChI=1S/C27H25BrN4O6/c1-4-36-26-23(28)13-19(14-24(26)32(34)35)15-29-30-27(33)25-12-11-22(38-25)16-37-21-9-7-20(8-10-21)31-17(2)5-6-18(31)3/h5-15H,4,16H2,1-3H3,(H,30,33)/b29-15+. The van der Waals surface area contributed by atoms with Gasteiger partial charge in [-0.25, -0.2) is 5.43 Å². The van der Waals surface area contributed by atoms with E-state index in [1.807, 2.05) is 24.3 Å². The smallest absolute Gasteiger partial charge is 0.312 e. The Hall–Kier alpha value is -4.38. The molecule has 0 aliphatic heterocycles. The molecule has 2 aromatic heterocycles. The van der Waals surface area contributed by atoms with E-state index in [9.17, 15) is 14.9 Å². The van der Waals surface area contributed by atoms with Gasteiger partial charge in [-0.3, -0.25) is 14.9 Å². The van der Waals surface area contributed by atoms with E-state index in [1.165, 1.54) is 18.3 Å². The first-order chi connectivity index (χ1) is 18.3. The van der Waals surface area contributed by atoms with Crippen LogP contribution in [0.4, 0.5) is 5.69 Å². The van der Waals surface area contributed by atoms with Gasteiger partial charge in [-0.1, -0.05) is 0 Å². The van der Waals surface area contributed by atoms with Crippen LogP contribution in [0.2, 0.25) is 0 Å². The molecule has 0 spiro atoms. The largest absolute Gasteiger partial charge is 0.486 e. The predicted octanol–water partition coefficient (Wildman–Crippen LogP) is 6.10. The van der Waals surface area contributed by atoms with E-state index in [1.54, 1.807) is 19.1 Å². The van der Waals surface area contributed by atoms with Gasteiger partial charge in [0.05, 0.1) is 22.2 Å². The van der Waals surface area contributed by atoms with Crippen LogP contribution in [-0.4, -0.2) is 28.2 Å². The van der Waals surface area contributed by atoms with Crippen LogP contribution in [0, 0.1) is 24.0 Å². The van der Waals surface area contributed by atoms with Crippen molar-refractivity contribution in [3.05, 3.63) is 104 Å². The number of furan rings is 1. The molecular formula is C27H25BrN4O6. The van der Waals surface area contributed by atoms with Crippen molar-refractivity contribution >= 4 is 33.7 Å². The molecule has 1 amide bonds.